The van der Waals surface area contributed by atoms with Gasteiger partial charge in [-0.25, -0.2) is 4.39 Å². The molecule has 0 saturated heterocycles. The van der Waals surface area contributed by atoms with E-state index < -0.39 is 6.10 Å². The van der Waals surface area contributed by atoms with E-state index >= 15 is 0 Å². The van der Waals surface area contributed by atoms with Crippen molar-refractivity contribution in [3.8, 4) is 5.75 Å². The molecule has 3 rings (SSSR count). The van der Waals surface area contributed by atoms with E-state index in [0.717, 1.165) is 12.8 Å². The molecule has 4 nitrogen and oxygen atoms in total. The normalized spacial score (nSPS) is 27.6. The molecule has 1 amide bonds. The van der Waals surface area contributed by atoms with Crippen LogP contribution in [-0.2, 0) is 4.79 Å². The summed E-state index contributed by atoms with van der Waals surface area (Å²) >= 11 is 0. The standard InChI is InChI=1S/C17H22FNO3/c18-11-4-3-5-13(8-11)22-10-12(20)9-19-17(21)16-14-6-1-2-7-15(14)16/h3-5,8,12,14-16,20H,1-2,6-7,9-10H2,(H,19,21)/t12-,14+,15+/m0/s1. The Morgan fingerprint density at radius 1 is 1.36 bits per heavy atom. The smallest absolute Gasteiger partial charge is 0.223 e. The number of amides is 1. The lowest BCUT2D eigenvalue weighted by molar-refractivity contribution is -0.123. The zero-order valence-electron chi connectivity index (χ0n) is 12.5. The summed E-state index contributed by atoms with van der Waals surface area (Å²) in [6, 6.07) is 5.77. The molecule has 2 aliphatic carbocycles. The Morgan fingerprint density at radius 3 is 2.77 bits per heavy atom. The van der Waals surface area contributed by atoms with Crippen molar-refractivity contribution >= 4 is 5.91 Å². The van der Waals surface area contributed by atoms with Crippen molar-refractivity contribution in [2.45, 2.75) is 31.8 Å². The molecule has 0 aromatic heterocycles. The van der Waals surface area contributed by atoms with E-state index in [4.69, 9.17) is 4.74 Å². The molecule has 0 aliphatic heterocycles. The number of aliphatic hydroxyl groups excluding tert-OH is 1. The summed E-state index contributed by atoms with van der Waals surface area (Å²) in [6.07, 6.45) is 3.99. The second kappa shape index (κ2) is 6.65. The van der Waals surface area contributed by atoms with Gasteiger partial charge in [0, 0.05) is 18.5 Å². The molecule has 1 aromatic rings. The average molecular weight is 307 g/mol. The van der Waals surface area contributed by atoms with E-state index in [1.54, 1.807) is 12.1 Å². The van der Waals surface area contributed by atoms with Crippen LogP contribution in [0.2, 0.25) is 0 Å². The second-order valence-electron chi connectivity index (χ2n) is 6.31. The molecule has 5 heteroatoms. The van der Waals surface area contributed by atoms with Gasteiger partial charge in [0.1, 0.15) is 24.3 Å². The third-order valence-electron chi connectivity index (χ3n) is 4.71. The molecular formula is C17H22FNO3. The molecule has 2 saturated carbocycles. The Labute approximate surface area is 129 Å². The van der Waals surface area contributed by atoms with Crippen LogP contribution in [0.15, 0.2) is 24.3 Å². The maximum absolute atomic E-state index is 13.0. The van der Waals surface area contributed by atoms with Gasteiger partial charge in [0.05, 0.1) is 0 Å². The monoisotopic (exact) mass is 307 g/mol. The molecule has 0 heterocycles. The molecule has 2 aliphatic rings. The molecular weight excluding hydrogens is 285 g/mol. The number of carbonyl (C=O) groups excluding carboxylic acids is 1. The minimum absolute atomic E-state index is 0.0290. The lowest BCUT2D eigenvalue weighted by atomic mass is 10.0. The fraction of sp³-hybridized carbons (Fsp3) is 0.588. The van der Waals surface area contributed by atoms with Crippen molar-refractivity contribution in [1.29, 1.82) is 0 Å². The van der Waals surface area contributed by atoms with Crippen molar-refractivity contribution in [2.24, 2.45) is 17.8 Å². The first-order chi connectivity index (χ1) is 10.6. The quantitative estimate of drug-likeness (QED) is 0.846. The molecule has 0 unspecified atom stereocenters. The number of carbonyl (C=O) groups is 1. The Hall–Kier alpha value is -1.62. The summed E-state index contributed by atoms with van der Waals surface area (Å²) in [5.41, 5.74) is 0. The number of nitrogens with one attached hydrogen (secondary N) is 1. The van der Waals surface area contributed by atoms with Gasteiger partial charge in [-0.05, 0) is 36.8 Å². The first-order valence-electron chi connectivity index (χ1n) is 7.99. The van der Waals surface area contributed by atoms with E-state index in [-0.39, 0.29) is 30.8 Å². The highest BCUT2D eigenvalue weighted by Gasteiger charge is 2.54. The Bertz CT molecular complexity index is 524. The number of aliphatic hydroxyl groups is 1. The van der Waals surface area contributed by atoms with Crippen LogP contribution in [0.1, 0.15) is 25.7 Å². The fourth-order valence-electron chi connectivity index (χ4n) is 3.53. The lowest BCUT2D eigenvalue weighted by Gasteiger charge is -2.13. The minimum atomic E-state index is -0.798. The van der Waals surface area contributed by atoms with E-state index in [9.17, 15) is 14.3 Å². The summed E-state index contributed by atoms with van der Waals surface area (Å²) in [5, 5.41) is 12.7. The lowest BCUT2D eigenvalue weighted by Crippen LogP contribution is -2.36. The third kappa shape index (κ3) is 3.58. The van der Waals surface area contributed by atoms with E-state index in [0.29, 0.717) is 17.6 Å². The predicted molar refractivity (Wildman–Crippen MR) is 79.8 cm³/mol. The predicted octanol–water partition coefficient (Wildman–Crippen LogP) is 2.12. The molecule has 0 spiro atoms. The highest BCUT2D eigenvalue weighted by Crippen LogP contribution is 2.55. The zero-order chi connectivity index (χ0) is 15.5. The number of hydrogen-bond acceptors (Lipinski definition) is 3. The molecule has 1 aromatic carbocycles. The molecule has 2 fully saturated rings. The van der Waals surface area contributed by atoms with Gasteiger partial charge in [-0.3, -0.25) is 4.79 Å². The summed E-state index contributed by atoms with van der Waals surface area (Å²) in [7, 11) is 0. The average Bonchev–Trinajstić information content (AvgIpc) is 3.25. The first kappa shape index (κ1) is 15.3. The fourth-order valence-corrected chi connectivity index (χ4v) is 3.53. The van der Waals surface area contributed by atoms with Gasteiger partial charge in [-0.15, -0.1) is 0 Å². The van der Waals surface area contributed by atoms with Crippen LogP contribution in [0.3, 0.4) is 0 Å². The number of halogens is 1. The third-order valence-corrected chi connectivity index (χ3v) is 4.71. The van der Waals surface area contributed by atoms with E-state index in [2.05, 4.69) is 5.32 Å². The van der Waals surface area contributed by atoms with Crippen LogP contribution in [0.4, 0.5) is 4.39 Å². The first-order valence-corrected chi connectivity index (χ1v) is 7.99. The molecule has 0 bridgehead atoms. The zero-order valence-corrected chi connectivity index (χ0v) is 12.5. The van der Waals surface area contributed by atoms with Gasteiger partial charge >= 0.3 is 0 Å². The van der Waals surface area contributed by atoms with Crippen LogP contribution in [-0.4, -0.2) is 30.3 Å². The number of fused-ring (bicyclic) bond motifs is 1. The van der Waals surface area contributed by atoms with Gasteiger partial charge in [0.25, 0.3) is 0 Å². The maximum Gasteiger partial charge on any atom is 0.223 e. The highest BCUT2D eigenvalue weighted by atomic mass is 19.1. The van der Waals surface area contributed by atoms with Crippen molar-refractivity contribution in [2.75, 3.05) is 13.2 Å². The van der Waals surface area contributed by atoms with Gasteiger partial charge in [-0.1, -0.05) is 18.9 Å². The van der Waals surface area contributed by atoms with Gasteiger partial charge in [-0.2, -0.15) is 0 Å². The van der Waals surface area contributed by atoms with Crippen molar-refractivity contribution < 1.29 is 19.0 Å². The maximum atomic E-state index is 13.0. The minimum Gasteiger partial charge on any atom is -0.491 e. The van der Waals surface area contributed by atoms with Gasteiger partial charge < -0.3 is 15.2 Å². The molecule has 120 valence electrons. The molecule has 3 atom stereocenters. The van der Waals surface area contributed by atoms with Gasteiger partial charge in [0.2, 0.25) is 5.91 Å². The number of ether oxygens (including phenoxy) is 1. The second-order valence-corrected chi connectivity index (χ2v) is 6.31. The van der Waals surface area contributed by atoms with Crippen molar-refractivity contribution in [3.63, 3.8) is 0 Å². The summed E-state index contributed by atoms with van der Waals surface area (Å²) in [6.45, 7) is 0.200. The number of rotatable bonds is 6. The van der Waals surface area contributed by atoms with Crippen molar-refractivity contribution in [1.82, 2.24) is 5.32 Å². The summed E-state index contributed by atoms with van der Waals surface area (Å²) < 4.78 is 18.3. The van der Waals surface area contributed by atoms with Crippen LogP contribution in [0, 0.1) is 23.6 Å². The Kier molecular flexibility index (Phi) is 4.62. The molecule has 0 radical (unpaired) electrons. The molecule has 22 heavy (non-hydrogen) atoms. The van der Waals surface area contributed by atoms with E-state index in [1.807, 2.05) is 0 Å². The SMILES string of the molecule is O=C(NC[C@H](O)COc1cccc(F)c1)C1[C@@H]2CCCC[C@@H]12. The summed E-state index contributed by atoms with van der Waals surface area (Å²) in [4.78, 5) is 12.1. The number of benzene rings is 1. The van der Waals surface area contributed by atoms with Crippen LogP contribution in [0.25, 0.3) is 0 Å². The van der Waals surface area contributed by atoms with Crippen LogP contribution < -0.4 is 10.1 Å². The Balaban J connectivity index is 1.37. The van der Waals surface area contributed by atoms with Gasteiger partial charge in [0.15, 0.2) is 0 Å². The molecule has 2 N–H and O–H groups in total. The summed E-state index contributed by atoms with van der Waals surface area (Å²) in [5.74, 6) is 1.33. The highest BCUT2D eigenvalue weighted by molar-refractivity contribution is 5.82. The Morgan fingerprint density at radius 2 is 2.09 bits per heavy atom. The van der Waals surface area contributed by atoms with Crippen molar-refractivity contribution in [3.05, 3.63) is 30.1 Å². The van der Waals surface area contributed by atoms with Crippen LogP contribution >= 0.6 is 0 Å². The largest absolute Gasteiger partial charge is 0.491 e. The topological polar surface area (TPSA) is 58.6 Å². The number of hydrogen-bond donors (Lipinski definition) is 2. The van der Waals surface area contributed by atoms with Crippen LogP contribution in [0.5, 0.6) is 5.75 Å². The van der Waals surface area contributed by atoms with E-state index in [1.165, 1.54) is 25.0 Å².